The Kier molecular flexibility index (Phi) is 6.58. The van der Waals surface area contributed by atoms with Gasteiger partial charge in [-0.25, -0.2) is 4.79 Å². The van der Waals surface area contributed by atoms with Crippen LogP contribution in [0.1, 0.15) is 43.0 Å². The summed E-state index contributed by atoms with van der Waals surface area (Å²) in [4.78, 5) is 37.6. The van der Waals surface area contributed by atoms with Crippen LogP contribution in [-0.4, -0.2) is 56.2 Å². The number of ketones is 1. The van der Waals surface area contributed by atoms with E-state index in [0.29, 0.717) is 25.1 Å². The second kappa shape index (κ2) is 9.10. The lowest BCUT2D eigenvalue weighted by Crippen LogP contribution is -2.29. The summed E-state index contributed by atoms with van der Waals surface area (Å²) in [6.07, 6.45) is 2.63. The molecule has 2 fully saturated rings. The lowest BCUT2D eigenvalue weighted by molar-refractivity contribution is -0.156. The quantitative estimate of drug-likeness (QED) is 0.511. The molecule has 0 radical (unpaired) electrons. The maximum atomic E-state index is 12.2. The lowest BCUT2D eigenvalue weighted by atomic mass is 10.1. The molecule has 2 aliphatic heterocycles. The minimum absolute atomic E-state index is 0.0304. The molecular weight excluding hydrogens is 350 g/mol. The fraction of sp³-hybridized carbons (Fsp3) is 0.550. The zero-order chi connectivity index (χ0) is 19.2. The van der Waals surface area contributed by atoms with Crippen molar-refractivity contribution in [2.45, 2.75) is 44.8 Å². The van der Waals surface area contributed by atoms with Crippen molar-refractivity contribution < 1.29 is 28.6 Å². The van der Waals surface area contributed by atoms with E-state index in [1.165, 1.54) is 0 Å². The largest absolute Gasteiger partial charge is 0.455 e. The van der Waals surface area contributed by atoms with Gasteiger partial charge in [0.05, 0.1) is 12.7 Å². The van der Waals surface area contributed by atoms with E-state index in [2.05, 4.69) is 0 Å². The van der Waals surface area contributed by atoms with Crippen LogP contribution in [-0.2, 0) is 23.8 Å². The number of amides is 1. The fourth-order valence-electron chi connectivity index (χ4n) is 3.18. The molecule has 0 bridgehead atoms. The molecule has 2 aliphatic rings. The Hall–Kier alpha value is -2.25. The van der Waals surface area contributed by atoms with Crippen molar-refractivity contribution in [3.05, 3.63) is 29.8 Å². The van der Waals surface area contributed by atoms with Gasteiger partial charge < -0.3 is 19.1 Å². The van der Waals surface area contributed by atoms with Gasteiger partial charge in [-0.05, 0) is 50.5 Å². The Morgan fingerprint density at radius 3 is 2.67 bits per heavy atom. The van der Waals surface area contributed by atoms with E-state index < -0.39 is 12.1 Å². The number of ether oxygens (including phenoxy) is 3. The standard InChI is InChI=1S/C20H25NO6/c1-14(26-12-17-4-3-11-25-17)20(24)27-13-18(22)15-6-8-16(9-7-15)21-10-2-5-19(21)23/h6-9,14,17H,2-5,10-13H2,1H3. The molecule has 0 aliphatic carbocycles. The van der Waals surface area contributed by atoms with Crippen molar-refractivity contribution in [3.63, 3.8) is 0 Å². The topological polar surface area (TPSA) is 82.1 Å². The van der Waals surface area contributed by atoms with Gasteiger partial charge in [-0.1, -0.05) is 0 Å². The van der Waals surface area contributed by atoms with Gasteiger partial charge in [-0.2, -0.15) is 0 Å². The first-order chi connectivity index (χ1) is 13.0. The first-order valence-electron chi connectivity index (χ1n) is 9.38. The summed E-state index contributed by atoms with van der Waals surface area (Å²) in [6, 6.07) is 6.78. The summed E-state index contributed by atoms with van der Waals surface area (Å²) in [5.74, 6) is -0.769. The highest BCUT2D eigenvalue weighted by Crippen LogP contribution is 2.21. The summed E-state index contributed by atoms with van der Waals surface area (Å²) in [7, 11) is 0. The first-order valence-corrected chi connectivity index (χ1v) is 9.38. The zero-order valence-electron chi connectivity index (χ0n) is 15.5. The van der Waals surface area contributed by atoms with Crippen LogP contribution in [0.15, 0.2) is 24.3 Å². The van der Waals surface area contributed by atoms with Crippen LogP contribution in [0.25, 0.3) is 0 Å². The number of carbonyl (C=O) groups excluding carboxylic acids is 3. The van der Waals surface area contributed by atoms with Crippen LogP contribution in [0.5, 0.6) is 0 Å². The van der Waals surface area contributed by atoms with Gasteiger partial charge in [0.2, 0.25) is 5.91 Å². The number of hydrogen-bond donors (Lipinski definition) is 0. The van der Waals surface area contributed by atoms with E-state index in [9.17, 15) is 14.4 Å². The number of esters is 1. The molecule has 2 atom stereocenters. The first kappa shape index (κ1) is 19.5. The van der Waals surface area contributed by atoms with Crippen molar-refractivity contribution >= 4 is 23.3 Å². The van der Waals surface area contributed by atoms with Crippen molar-refractivity contribution in [2.75, 3.05) is 31.3 Å². The monoisotopic (exact) mass is 375 g/mol. The number of nitrogens with zero attached hydrogens (tertiary/aromatic N) is 1. The third kappa shape index (κ3) is 5.14. The van der Waals surface area contributed by atoms with E-state index >= 15 is 0 Å². The minimum Gasteiger partial charge on any atom is -0.455 e. The molecule has 1 amide bonds. The third-order valence-corrected chi connectivity index (χ3v) is 4.81. The molecule has 0 aromatic heterocycles. The van der Waals surface area contributed by atoms with Crippen molar-refractivity contribution in [3.8, 4) is 0 Å². The van der Waals surface area contributed by atoms with E-state index in [4.69, 9.17) is 14.2 Å². The highest BCUT2D eigenvalue weighted by Gasteiger charge is 2.23. The Labute approximate surface area is 158 Å². The Balaban J connectivity index is 1.44. The number of hydrogen-bond acceptors (Lipinski definition) is 6. The molecule has 1 aromatic rings. The molecule has 0 saturated carbocycles. The van der Waals surface area contributed by atoms with Gasteiger partial charge in [0.15, 0.2) is 18.5 Å². The molecule has 0 N–H and O–H groups in total. The highest BCUT2D eigenvalue weighted by molar-refractivity contribution is 5.99. The van der Waals surface area contributed by atoms with Crippen molar-refractivity contribution in [1.82, 2.24) is 0 Å². The maximum Gasteiger partial charge on any atom is 0.335 e. The number of anilines is 1. The van der Waals surface area contributed by atoms with Gasteiger partial charge in [0.25, 0.3) is 0 Å². The highest BCUT2D eigenvalue weighted by atomic mass is 16.6. The van der Waals surface area contributed by atoms with Gasteiger partial charge >= 0.3 is 5.97 Å². The molecule has 2 unspecified atom stereocenters. The van der Waals surface area contributed by atoms with Crippen molar-refractivity contribution in [2.24, 2.45) is 0 Å². The molecule has 2 saturated heterocycles. The zero-order valence-corrected chi connectivity index (χ0v) is 15.5. The molecule has 3 rings (SSSR count). The second-order valence-electron chi connectivity index (χ2n) is 6.84. The second-order valence-corrected chi connectivity index (χ2v) is 6.84. The maximum absolute atomic E-state index is 12.2. The van der Waals surface area contributed by atoms with Gasteiger partial charge in [0, 0.05) is 30.8 Å². The number of rotatable bonds is 8. The summed E-state index contributed by atoms with van der Waals surface area (Å²) in [5, 5.41) is 0. The van der Waals surface area contributed by atoms with Crippen LogP contribution >= 0.6 is 0 Å². The molecule has 7 nitrogen and oxygen atoms in total. The smallest absolute Gasteiger partial charge is 0.335 e. The third-order valence-electron chi connectivity index (χ3n) is 4.81. The van der Waals surface area contributed by atoms with Gasteiger partial charge in [0.1, 0.15) is 0 Å². The molecule has 1 aromatic carbocycles. The normalized spacial score (nSPS) is 20.7. The van der Waals surface area contributed by atoms with E-state index in [1.54, 1.807) is 36.1 Å². The minimum atomic E-state index is -0.745. The van der Waals surface area contributed by atoms with Crippen LogP contribution < -0.4 is 4.90 Å². The summed E-state index contributed by atoms with van der Waals surface area (Å²) >= 11 is 0. The summed E-state index contributed by atoms with van der Waals surface area (Å²) in [5.41, 5.74) is 1.22. The summed E-state index contributed by atoms with van der Waals surface area (Å²) < 4.78 is 16.0. The van der Waals surface area contributed by atoms with Crippen LogP contribution in [0.4, 0.5) is 5.69 Å². The van der Waals surface area contributed by atoms with Crippen molar-refractivity contribution in [1.29, 1.82) is 0 Å². The van der Waals surface area contributed by atoms with E-state index in [-0.39, 0.29) is 24.4 Å². The average molecular weight is 375 g/mol. The number of benzene rings is 1. The van der Waals surface area contributed by atoms with Crippen LogP contribution in [0, 0.1) is 0 Å². The SMILES string of the molecule is CC(OCC1CCCO1)C(=O)OCC(=O)c1ccc(N2CCCC2=O)cc1. The molecule has 27 heavy (non-hydrogen) atoms. The van der Waals surface area contributed by atoms with Crippen LogP contribution in [0.3, 0.4) is 0 Å². The summed E-state index contributed by atoms with van der Waals surface area (Å²) in [6.45, 7) is 3.04. The Bertz CT molecular complexity index is 680. The molecular formula is C20H25NO6. The molecule has 2 heterocycles. The number of carbonyl (C=O) groups is 3. The van der Waals surface area contributed by atoms with E-state index in [1.807, 2.05) is 0 Å². The van der Waals surface area contributed by atoms with E-state index in [0.717, 1.165) is 31.6 Å². The molecule has 146 valence electrons. The Morgan fingerprint density at radius 1 is 1.26 bits per heavy atom. The molecule has 7 heteroatoms. The Morgan fingerprint density at radius 2 is 2.04 bits per heavy atom. The predicted octanol–water partition coefficient (Wildman–Crippen LogP) is 2.12. The van der Waals surface area contributed by atoms with Crippen LogP contribution in [0.2, 0.25) is 0 Å². The lowest BCUT2D eigenvalue weighted by Gasteiger charge is -2.16. The predicted molar refractivity (Wildman–Crippen MR) is 97.7 cm³/mol. The van der Waals surface area contributed by atoms with Gasteiger partial charge in [-0.3, -0.25) is 9.59 Å². The fourth-order valence-corrected chi connectivity index (χ4v) is 3.18. The number of Topliss-reactive ketones (excluding diaryl/α,β-unsaturated/α-hetero) is 1. The molecule has 0 spiro atoms. The van der Waals surface area contributed by atoms with Gasteiger partial charge in [-0.15, -0.1) is 0 Å². The average Bonchev–Trinajstić information content (AvgIpc) is 3.35.